The Balaban J connectivity index is 2.74. The molecule has 0 saturated carbocycles. The van der Waals surface area contributed by atoms with E-state index in [0.717, 1.165) is 0 Å². The van der Waals surface area contributed by atoms with Crippen LogP contribution in [0, 0.1) is 0 Å². The summed E-state index contributed by atoms with van der Waals surface area (Å²) in [6, 6.07) is 0. The summed E-state index contributed by atoms with van der Waals surface area (Å²) in [5.74, 6) is -0.375. The van der Waals surface area contributed by atoms with Crippen LogP contribution in [0.1, 0.15) is 6.92 Å². The second-order valence-electron chi connectivity index (χ2n) is 2.93. The van der Waals surface area contributed by atoms with E-state index in [1.165, 1.54) is 14.2 Å². The number of aliphatic hydroxyl groups is 1. The Labute approximate surface area is 76.6 Å². The third kappa shape index (κ3) is 1.88. The lowest BCUT2D eigenvalue weighted by Crippen LogP contribution is -2.55. The molecule has 0 unspecified atom stereocenters. The maximum Gasteiger partial charge on any atom is 0.192 e. The van der Waals surface area contributed by atoms with Gasteiger partial charge < -0.3 is 19.3 Å². The summed E-state index contributed by atoms with van der Waals surface area (Å²) in [5.41, 5.74) is 0. The highest BCUT2D eigenvalue weighted by atomic mass is 16.7. The zero-order valence-corrected chi connectivity index (χ0v) is 7.89. The average molecular weight is 190 g/mol. The summed E-state index contributed by atoms with van der Waals surface area (Å²) in [5, 5.41) is 9.47. The van der Waals surface area contributed by atoms with Crippen molar-refractivity contribution in [1.82, 2.24) is 0 Å². The number of hydrogen-bond donors (Lipinski definition) is 1. The second-order valence-corrected chi connectivity index (χ2v) is 2.93. The molecule has 76 valence electrons. The van der Waals surface area contributed by atoms with Crippen LogP contribution in [-0.4, -0.2) is 49.7 Å². The summed E-state index contributed by atoms with van der Waals surface area (Å²) in [6.07, 6.45) is -3.24. The number of ether oxygens (including phenoxy) is 3. The average Bonchev–Trinajstić information content (AvgIpc) is 2.13. The van der Waals surface area contributed by atoms with E-state index in [-0.39, 0.29) is 5.78 Å². The van der Waals surface area contributed by atoms with Crippen LogP contribution in [0.2, 0.25) is 0 Å². The van der Waals surface area contributed by atoms with Gasteiger partial charge in [-0.15, -0.1) is 0 Å². The molecule has 0 bridgehead atoms. The van der Waals surface area contributed by atoms with Crippen LogP contribution >= 0.6 is 0 Å². The van der Waals surface area contributed by atoms with Crippen LogP contribution in [0.3, 0.4) is 0 Å². The van der Waals surface area contributed by atoms with Crippen molar-refractivity contribution in [2.45, 2.75) is 31.5 Å². The molecule has 13 heavy (non-hydrogen) atoms. The van der Waals surface area contributed by atoms with E-state index in [9.17, 15) is 9.90 Å². The maximum atomic E-state index is 11.2. The number of rotatable bonds is 2. The Bertz CT molecular complexity index is 193. The van der Waals surface area contributed by atoms with E-state index in [2.05, 4.69) is 0 Å². The monoisotopic (exact) mass is 190 g/mol. The Kier molecular flexibility index (Phi) is 3.38. The highest BCUT2D eigenvalue weighted by molar-refractivity contribution is 5.88. The fourth-order valence-electron chi connectivity index (χ4n) is 1.33. The first-order valence-corrected chi connectivity index (χ1v) is 4.04. The van der Waals surface area contributed by atoms with Gasteiger partial charge in [-0.05, 0) is 6.92 Å². The summed E-state index contributed by atoms with van der Waals surface area (Å²) >= 11 is 0. The Hall–Kier alpha value is -0.490. The lowest BCUT2D eigenvalue weighted by atomic mass is 10.0. The molecule has 5 nitrogen and oxygen atoms in total. The molecule has 0 aromatic rings. The molecule has 0 aliphatic carbocycles. The number of aliphatic hydroxyl groups excluding tert-OH is 1. The fourth-order valence-corrected chi connectivity index (χ4v) is 1.33. The van der Waals surface area contributed by atoms with Crippen LogP contribution in [0.5, 0.6) is 0 Å². The van der Waals surface area contributed by atoms with Crippen molar-refractivity contribution in [2.75, 3.05) is 14.2 Å². The molecule has 1 heterocycles. The van der Waals surface area contributed by atoms with Crippen molar-refractivity contribution < 1.29 is 24.1 Å². The van der Waals surface area contributed by atoms with Gasteiger partial charge in [-0.1, -0.05) is 0 Å². The first-order valence-electron chi connectivity index (χ1n) is 4.04. The number of carbonyl (C=O) groups is 1. The standard InChI is InChI=1S/C8H14O5/c1-4-5(9)6(10)7(11-2)8(12-3)13-4/h4,6-8,10H,1-3H3/t4-,6+,7-,8+/m0/s1. The van der Waals surface area contributed by atoms with E-state index in [1.54, 1.807) is 6.92 Å². The van der Waals surface area contributed by atoms with Crippen LogP contribution in [0.15, 0.2) is 0 Å². The van der Waals surface area contributed by atoms with Crippen molar-refractivity contribution in [1.29, 1.82) is 0 Å². The third-order valence-corrected chi connectivity index (χ3v) is 2.11. The molecule has 0 aromatic carbocycles. The van der Waals surface area contributed by atoms with Crippen LogP contribution < -0.4 is 0 Å². The van der Waals surface area contributed by atoms with Gasteiger partial charge in [0.1, 0.15) is 18.3 Å². The molecule has 1 rings (SSSR count). The SMILES string of the molecule is CO[C@@H]1O[C@@H](C)C(=O)[C@@H](O)[C@@H]1OC. The predicted molar refractivity (Wildman–Crippen MR) is 43.2 cm³/mol. The van der Waals surface area contributed by atoms with Gasteiger partial charge >= 0.3 is 0 Å². The topological polar surface area (TPSA) is 65.0 Å². The molecule has 1 N–H and O–H groups in total. The number of hydrogen-bond acceptors (Lipinski definition) is 5. The van der Waals surface area contributed by atoms with Gasteiger partial charge in [-0.3, -0.25) is 4.79 Å². The predicted octanol–water partition coefficient (Wildman–Crippen LogP) is -0.677. The van der Waals surface area contributed by atoms with E-state index in [0.29, 0.717) is 0 Å². The van der Waals surface area contributed by atoms with Crippen molar-refractivity contribution in [3.8, 4) is 0 Å². The van der Waals surface area contributed by atoms with E-state index in [1.807, 2.05) is 0 Å². The summed E-state index contributed by atoms with van der Waals surface area (Å²) < 4.78 is 15.0. The molecule has 1 aliphatic rings. The van der Waals surface area contributed by atoms with Crippen molar-refractivity contribution in [2.24, 2.45) is 0 Å². The first-order chi connectivity index (χ1) is 6.11. The minimum absolute atomic E-state index is 0.375. The van der Waals surface area contributed by atoms with E-state index >= 15 is 0 Å². The van der Waals surface area contributed by atoms with Gasteiger partial charge in [-0.2, -0.15) is 0 Å². The molecule has 0 aromatic heterocycles. The lowest BCUT2D eigenvalue weighted by molar-refractivity contribution is -0.248. The highest BCUT2D eigenvalue weighted by Crippen LogP contribution is 2.19. The van der Waals surface area contributed by atoms with Gasteiger partial charge in [-0.25, -0.2) is 0 Å². The van der Waals surface area contributed by atoms with E-state index < -0.39 is 24.6 Å². The van der Waals surface area contributed by atoms with Gasteiger partial charge in [0, 0.05) is 14.2 Å². The van der Waals surface area contributed by atoms with Crippen LogP contribution in [0.25, 0.3) is 0 Å². The molecule has 1 aliphatic heterocycles. The first kappa shape index (κ1) is 10.6. The van der Waals surface area contributed by atoms with Crippen molar-refractivity contribution in [3.05, 3.63) is 0 Å². The largest absolute Gasteiger partial charge is 0.382 e. The minimum Gasteiger partial charge on any atom is -0.382 e. The molecular formula is C8H14O5. The second kappa shape index (κ2) is 4.15. The summed E-state index contributed by atoms with van der Waals surface area (Å²) in [7, 11) is 2.83. The zero-order valence-electron chi connectivity index (χ0n) is 7.89. The quantitative estimate of drug-likeness (QED) is 0.625. The molecular weight excluding hydrogens is 176 g/mol. The normalized spacial score (nSPS) is 40.8. The van der Waals surface area contributed by atoms with Gasteiger partial charge in [0.15, 0.2) is 12.1 Å². The number of ketones is 1. The lowest BCUT2D eigenvalue weighted by Gasteiger charge is -2.35. The fraction of sp³-hybridized carbons (Fsp3) is 0.875. The molecule has 0 amide bonds. The highest BCUT2D eigenvalue weighted by Gasteiger charge is 2.42. The Morgan fingerprint density at radius 3 is 2.46 bits per heavy atom. The van der Waals surface area contributed by atoms with Gasteiger partial charge in [0.05, 0.1) is 0 Å². The van der Waals surface area contributed by atoms with Crippen molar-refractivity contribution in [3.63, 3.8) is 0 Å². The van der Waals surface area contributed by atoms with Crippen LogP contribution in [-0.2, 0) is 19.0 Å². The smallest absolute Gasteiger partial charge is 0.192 e. The molecule has 5 heteroatoms. The molecule has 1 fully saturated rings. The van der Waals surface area contributed by atoms with E-state index in [4.69, 9.17) is 14.2 Å². The molecule has 0 radical (unpaired) electrons. The third-order valence-electron chi connectivity index (χ3n) is 2.11. The number of methoxy groups -OCH3 is 2. The van der Waals surface area contributed by atoms with Gasteiger partial charge in [0.25, 0.3) is 0 Å². The molecule has 0 spiro atoms. The van der Waals surface area contributed by atoms with Crippen LogP contribution in [0.4, 0.5) is 0 Å². The Morgan fingerprint density at radius 2 is 2.00 bits per heavy atom. The molecule has 4 atom stereocenters. The Morgan fingerprint density at radius 1 is 1.38 bits per heavy atom. The minimum atomic E-state index is -1.17. The number of carbonyl (C=O) groups excluding carboxylic acids is 1. The van der Waals surface area contributed by atoms with Crippen molar-refractivity contribution >= 4 is 5.78 Å². The number of Topliss-reactive ketones (excluding diaryl/α,β-unsaturated/α-hetero) is 1. The maximum absolute atomic E-state index is 11.2. The van der Waals surface area contributed by atoms with Gasteiger partial charge in [0.2, 0.25) is 0 Å². The summed E-state index contributed by atoms with van der Waals surface area (Å²) in [4.78, 5) is 11.2. The zero-order chi connectivity index (χ0) is 10.0. The summed E-state index contributed by atoms with van der Waals surface area (Å²) in [6.45, 7) is 1.57. The molecule has 1 saturated heterocycles.